The molecule has 3 aromatic carbocycles. The van der Waals surface area contributed by atoms with Crippen LogP contribution < -0.4 is 10.6 Å². The number of carbonyl (C=O) groups is 1. The van der Waals surface area contributed by atoms with Crippen molar-refractivity contribution in [2.75, 3.05) is 25.5 Å². The lowest BCUT2D eigenvalue weighted by Gasteiger charge is -2.32. The molecule has 1 saturated heterocycles. The van der Waals surface area contributed by atoms with E-state index in [1.165, 1.54) is 18.2 Å². The molecular formula is C31H26Cl2F2N6O. The van der Waals surface area contributed by atoms with Gasteiger partial charge in [0, 0.05) is 52.7 Å². The number of carbonyl (C=O) groups excluding carboxylic acids is 1. The summed E-state index contributed by atoms with van der Waals surface area (Å²) in [6, 6.07) is 14.3. The highest BCUT2D eigenvalue weighted by molar-refractivity contribution is 6.34. The van der Waals surface area contributed by atoms with Crippen LogP contribution in [-0.2, 0) is 6.54 Å². The van der Waals surface area contributed by atoms with E-state index in [0.29, 0.717) is 62.8 Å². The lowest BCUT2D eigenvalue weighted by atomic mass is 9.95. The van der Waals surface area contributed by atoms with Gasteiger partial charge in [0.25, 0.3) is 5.91 Å². The van der Waals surface area contributed by atoms with Gasteiger partial charge in [0.05, 0.1) is 34.1 Å². The predicted octanol–water partition coefficient (Wildman–Crippen LogP) is 6.65. The van der Waals surface area contributed by atoms with Gasteiger partial charge in [0.15, 0.2) is 0 Å². The van der Waals surface area contributed by atoms with Gasteiger partial charge in [-0.3, -0.25) is 9.79 Å². The maximum Gasteiger partial charge on any atom is 0.255 e. The van der Waals surface area contributed by atoms with E-state index < -0.39 is 11.6 Å². The summed E-state index contributed by atoms with van der Waals surface area (Å²) in [4.78, 5) is 28.9. The number of fused-ring (bicyclic) bond motifs is 3. The Hall–Kier alpha value is -3.92. The number of nitrogens with one attached hydrogen (secondary N) is 2. The zero-order valence-corrected chi connectivity index (χ0v) is 24.1. The van der Waals surface area contributed by atoms with Crippen molar-refractivity contribution in [1.82, 2.24) is 20.2 Å². The lowest BCUT2D eigenvalue weighted by Crippen LogP contribution is -2.44. The molecule has 214 valence electrons. The molecule has 0 aliphatic carbocycles. The summed E-state index contributed by atoms with van der Waals surface area (Å²) in [5.41, 5.74) is 3.18. The summed E-state index contributed by atoms with van der Waals surface area (Å²) < 4.78 is 29.7. The van der Waals surface area contributed by atoms with E-state index in [2.05, 4.69) is 20.6 Å². The van der Waals surface area contributed by atoms with Crippen molar-refractivity contribution in [1.29, 1.82) is 0 Å². The average molecular weight is 607 g/mol. The Balaban J connectivity index is 1.32. The molecular weight excluding hydrogens is 581 g/mol. The van der Waals surface area contributed by atoms with E-state index in [1.807, 2.05) is 11.9 Å². The van der Waals surface area contributed by atoms with Crippen LogP contribution in [0, 0.1) is 11.6 Å². The molecule has 42 heavy (non-hydrogen) atoms. The minimum atomic E-state index is -0.724. The molecule has 3 heterocycles. The van der Waals surface area contributed by atoms with Gasteiger partial charge in [-0.1, -0.05) is 35.3 Å². The summed E-state index contributed by atoms with van der Waals surface area (Å²) in [5.74, 6) is -1.31. The maximum absolute atomic E-state index is 14.8. The monoisotopic (exact) mass is 606 g/mol. The van der Waals surface area contributed by atoms with Gasteiger partial charge in [-0.2, -0.15) is 0 Å². The van der Waals surface area contributed by atoms with Crippen molar-refractivity contribution < 1.29 is 13.6 Å². The molecule has 0 spiro atoms. The number of hydrogen-bond donors (Lipinski definition) is 2. The van der Waals surface area contributed by atoms with E-state index in [-0.39, 0.29) is 29.7 Å². The van der Waals surface area contributed by atoms with E-state index >= 15 is 0 Å². The summed E-state index contributed by atoms with van der Waals surface area (Å²) in [6.07, 6.45) is 3.38. The summed E-state index contributed by atoms with van der Waals surface area (Å²) >= 11 is 12.8. The van der Waals surface area contributed by atoms with Crippen LogP contribution in [0.4, 0.5) is 20.4 Å². The number of hydrogen-bond acceptors (Lipinski definition) is 6. The summed E-state index contributed by atoms with van der Waals surface area (Å²) in [5, 5.41) is 7.19. The molecule has 0 unspecified atom stereocenters. The number of aromatic nitrogens is 2. The number of piperidine rings is 1. The Kier molecular flexibility index (Phi) is 7.90. The first-order valence-electron chi connectivity index (χ1n) is 13.5. The third-order valence-corrected chi connectivity index (χ3v) is 8.17. The third kappa shape index (κ3) is 5.47. The molecule has 2 aliphatic heterocycles. The number of amides is 1. The van der Waals surface area contributed by atoms with Crippen LogP contribution in [0.1, 0.15) is 39.9 Å². The van der Waals surface area contributed by atoms with Crippen molar-refractivity contribution in [3.8, 4) is 11.3 Å². The van der Waals surface area contributed by atoms with Crippen molar-refractivity contribution >= 4 is 46.5 Å². The van der Waals surface area contributed by atoms with Crippen molar-refractivity contribution in [3.05, 3.63) is 105 Å². The van der Waals surface area contributed by atoms with E-state index in [0.717, 1.165) is 12.8 Å². The molecule has 11 heteroatoms. The molecule has 1 aromatic heterocycles. The molecule has 0 bridgehead atoms. The second kappa shape index (κ2) is 11.8. The second-order valence-corrected chi connectivity index (χ2v) is 11.0. The first-order valence-corrected chi connectivity index (χ1v) is 14.3. The minimum absolute atomic E-state index is 0.106. The predicted molar refractivity (Wildman–Crippen MR) is 161 cm³/mol. The van der Waals surface area contributed by atoms with Crippen LogP contribution in [0.25, 0.3) is 11.3 Å². The smallest absolute Gasteiger partial charge is 0.255 e. The maximum atomic E-state index is 14.8. The normalized spacial score (nSPS) is 15.0. The highest BCUT2D eigenvalue weighted by Gasteiger charge is 2.26. The molecule has 2 N–H and O–H groups in total. The summed E-state index contributed by atoms with van der Waals surface area (Å²) in [7, 11) is 1.93. The first-order chi connectivity index (χ1) is 20.3. The zero-order valence-electron chi connectivity index (χ0n) is 22.6. The molecule has 4 aromatic rings. The summed E-state index contributed by atoms with van der Waals surface area (Å²) in [6.45, 7) is 1.40. The third-order valence-electron chi connectivity index (χ3n) is 7.61. The lowest BCUT2D eigenvalue weighted by molar-refractivity contribution is 0.0707. The van der Waals surface area contributed by atoms with Crippen LogP contribution in [0.5, 0.6) is 0 Å². The highest BCUT2D eigenvalue weighted by Crippen LogP contribution is 2.35. The van der Waals surface area contributed by atoms with Gasteiger partial charge in [0.2, 0.25) is 5.95 Å². The number of rotatable bonds is 5. The Labute approximate surface area is 251 Å². The average Bonchev–Trinajstić information content (AvgIpc) is 3.14. The fourth-order valence-corrected chi connectivity index (χ4v) is 5.73. The first kappa shape index (κ1) is 28.2. The van der Waals surface area contributed by atoms with Gasteiger partial charge in [-0.05, 0) is 62.4 Å². The van der Waals surface area contributed by atoms with Gasteiger partial charge >= 0.3 is 0 Å². The second-order valence-electron chi connectivity index (χ2n) is 10.2. The van der Waals surface area contributed by atoms with E-state index in [1.54, 1.807) is 42.6 Å². The Morgan fingerprint density at radius 3 is 2.50 bits per heavy atom. The molecule has 1 fully saturated rings. The van der Waals surface area contributed by atoms with Crippen LogP contribution in [-0.4, -0.2) is 52.7 Å². The molecule has 0 radical (unpaired) electrons. The minimum Gasteiger partial charge on any atom is -0.338 e. The van der Waals surface area contributed by atoms with Gasteiger partial charge in [0.1, 0.15) is 11.6 Å². The molecule has 7 nitrogen and oxygen atoms in total. The number of aliphatic imine (C=N–C) groups is 1. The van der Waals surface area contributed by atoms with Crippen molar-refractivity contribution in [3.63, 3.8) is 0 Å². The fraction of sp³-hybridized carbons (Fsp3) is 0.226. The Morgan fingerprint density at radius 1 is 1.00 bits per heavy atom. The number of likely N-dealkylation sites (tertiary alicyclic amines) is 1. The quantitative estimate of drug-likeness (QED) is 0.266. The van der Waals surface area contributed by atoms with Gasteiger partial charge in [-0.15, -0.1) is 0 Å². The standard InChI is InChI=1S/C31H26Cl2F2N6O/c1-36-19-9-11-41(12-10-19)30(42)23-14-20(6-8-24(23)33)39-31-38-16-17-15-37-29(27-25(34)3-2-4-26(27)35)22-13-18(32)5-7-21(22)28(17)40-31/h2-8,13-14,16,19,36H,9-12,15H2,1H3,(H,38,39,40). The van der Waals surface area contributed by atoms with Crippen molar-refractivity contribution in [2.24, 2.45) is 4.99 Å². The molecule has 0 saturated carbocycles. The Morgan fingerprint density at radius 2 is 1.76 bits per heavy atom. The molecule has 0 atom stereocenters. The van der Waals surface area contributed by atoms with E-state index in [4.69, 9.17) is 28.2 Å². The molecule has 1 amide bonds. The number of nitrogens with zero attached hydrogens (tertiary/aromatic N) is 4. The van der Waals surface area contributed by atoms with Gasteiger partial charge in [-0.25, -0.2) is 18.7 Å². The van der Waals surface area contributed by atoms with Crippen molar-refractivity contribution in [2.45, 2.75) is 25.4 Å². The molecule has 6 rings (SSSR count). The number of halogens is 4. The topological polar surface area (TPSA) is 82.5 Å². The molecule has 2 aliphatic rings. The van der Waals surface area contributed by atoms with Gasteiger partial charge < -0.3 is 15.5 Å². The van der Waals surface area contributed by atoms with Crippen LogP contribution in [0.3, 0.4) is 0 Å². The van der Waals surface area contributed by atoms with Crippen LogP contribution >= 0.6 is 23.2 Å². The number of benzene rings is 3. The fourth-order valence-electron chi connectivity index (χ4n) is 5.36. The van der Waals surface area contributed by atoms with E-state index in [9.17, 15) is 13.6 Å². The van der Waals surface area contributed by atoms with Crippen LogP contribution in [0.2, 0.25) is 10.0 Å². The largest absolute Gasteiger partial charge is 0.338 e. The number of anilines is 2. The van der Waals surface area contributed by atoms with Crippen LogP contribution in [0.15, 0.2) is 65.8 Å². The Bertz CT molecular complexity index is 1700. The zero-order chi connectivity index (χ0) is 29.4. The highest BCUT2D eigenvalue weighted by atomic mass is 35.5. The SMILES string of the molecule is CNC1CCN(C(=O)c2cc(Nc3ncc4c(n3)-c3ccc(Cl)cc3C(c3c(F)cccc3F)=NC4)ccc2Cl)CC1.